The third-order valence-corrected chi connectivity index (χ3v) is 4.36. The topological polar surface area (TPSA) is 143 Å². The van der Waals surface area contributed by atoms with Gasteiger partial charge in [-0.1, -0.05) is 0 Å². The molecule has 1 N–H and O–H groups in total. The molecule has 29 heavy (non-hydrogen) atoms. The minimum absolute atomic E-state index is 0.105. The minimum atomic E-state index is -1.91. The Morgan fingerprint density at radius 2 is 1.34 bits per heavy atom. The number of nitro groups is 2. The Kier molecular flexibility index (Phi) is 7.81. The number of hydrogen-bond acceptors (Lipinski definition) is 9. The van der Waals surface area contributed by atoms with Crippen molar-refractivity contribution in [1.29, 1.82) is 0 Å². The van der Waals surface area contributed by atoms with Crippen LogP contribution < -0.4 is 14.1 Å². The van der Waals surface area contributed by atoms with E-state index in [0.717, 1.165) is 0 Å². The lowest BCUT2D eigenvalue weighted by Gasteiger charge is -2.19. The second kappa shape index (κ2) is 10.3. The first-order chi connectivity index (χ1) is 13.7. The summed E-state index contributed by atoms with van der Waals surface area (Å²) in [6.07, 6.45) is -0.290. The molecule has 0 radical (unpaired) electrons. The van der Waals surface area contributed by atoms with Crippen LogP contribution in [0.2, 0.25) is 0 Å². The first-order valence-corrected chi connectivity index (χ1v) is 9.50. The number of non-ortho nitro benzene ring substituents is 2. The van der Waals surface area contributed by atoms with E-state index in [0.29, 0.717) is 0 Å². The van der Waals surface area contributed by atoms with Gasteiger partial charge in [-0.25, -0.2) is 5.09 Å². The van der Waals surface area contributed by atoms with Crippen LogP contribution in [0.3, 0.4) is 0 Å². The predicted molar refractivity (Wildman–Crippen MR) is 104 cm³/mol. The quantitative estimate of drug-likeness (QED) is 0.262. The molecular formula is C17H18N3O8P. The fourth-order valence-electron chi connectivity index (χ4n) is 1.97. The van der Waals surface area contributed by atoms with Crippen LogP contribution in [-0.2, 0) is 9.53 Å². The molecule has 2 rings (SSSR count). The molecule has 0 aromatic heterocycles. The number of hydrogen-bond donors (Lipinski definition) is 1. The van der Waals surface area contributed by atoms with Crippen molar-refractivity contribution in [2.45, 2.75) is 20.0 Å². The number of nitro benzene ring substituents is 2. The van der Waals surface area contributed by atoms with Gasteiger partial charge in [0, 0.05) is 24.3 Å². The van der Waals surface area contributed by atoms with Gasteiger partial charge in [-0.3, -0.25) is 25.0 Å². The fraction of sp³-hybridized carbons (Fsp3) is 0.235. The van der Waals surface area contributed by atoms with Crippen LogP contribution in [0.1, 0.15) is 13.8 Å². The Balaban J connectivity index is 2.10. The largest absolute Gasteiger partial charge is 0.462 e. The van der Waals surface area contributed by atoms with Crippen LogP contribution >= 0.6 is 8.53 Å². The number of nitrogens with one attached hydrogen (secondary N) is 1. The molecule has 0 heterocycles. The summed E-state index contributed by atoms with van der Waals surface area (Å²) in [7, 11) is -1.91. The molecule has 2 aromatic carbocycles. The summed E-state index contributed by atoms with van der Waals surface area (Å²) in [6.45, 7) is 3.22. The second-order valence-corrected chi connectivity index (χ2v) is 7.01. The highest BCUT2D eigenvalue weighted by Crippen LogP contribution is 2.37. The van der Waals surface area contributed by atoms with E-state index in [1.165, 1.54) is 48.5 Å². The molecule has 0 unspecified atom stereocenters. The number of rotatable bonds is 10. The Bertz CT molecular complexity index is 798. The number of esters is 1. The van der Waals surface area contributed by atoms with Crippen molar-refractivity contribution in [2.75, 3.05) is 6.54 Å². The van der Waals surface area contributed by atoms with Gasteiger partial charge in [-0.15, -0.1) is 0 Å². The maximum absolute atomic E-state index is 11.8. The fourth-order valence-corrected chi connectivity index (χ4v) is 3.02. The van der Waals surface area contributed by atoms with E-state index < -0.39 is 24.3 Å². The molecule has 0 saturated heterocycles. The number of carbonyl (C=O) groups excluding carboxylic acids is 1. The number of carbonyl (C=O) groups is 1. The van der Waals surface area contributed by atoms with Crippen molar-refractivity contribution in [3.05, 3.63) is 68.8 Å². The zero-order chi connectivity index (χ0) is 21.4. The summed E-state index contributed by atoms with van der Waals surface area (Å²) in [6, 6.07) is 10.6. The van der Waals surface area contributed by atoms with E-state index in [9.17, 15) is 25.0 Å². The first-order valence-electron chi connectivity index (χ1n) is 8.32. The molecule has 0 aliphatic heterocycles. The highest BCUT2D eigenvalue weighted by molar-refractivity contribution is 7.45. The molecular weight excluding hydrogens is 405 g/mol. The zero-order valence-electron chi connectivity index (χ0n) is 15.5. The highest BCUT2D eigenvalue weighted by Gasteiger charge is 2.19. The third-order valence-electron chi connectivity index (χ3n) is 3.19. The number of ether oxygens (including phenoxy) is 1. The van der Waals surface area contributed by atoms with Gasteiger partial charge in [0.25, 0.3) is 11.4 Å². The molecule has 0 saturated carbocycles. The van der Waals surface area contributed by atoms with Gasteiger partial charge in [0.1, 0.15) is 18.0 Å². The lowest BCUT2D eigenvalue weighted by Crippen LogP contribution is -2.25. The molecule has 0 aliphatic rings. The van der Waals surface area contributed by atoms with Gasteiger partial charge in [-0.2, -0.15) is 0 Å². The normalized spacial score (nSPS) is 10.6. The smallest absolute Gasteiger partial charge is 0.382 e. The van der Waals surface area contributed by atoms with Crippen molar-refractivity contribution in [1.82, 2.24) is 5.09 Å². The zero-order valence-corrected chi connectivity index (χ0v) is 16.4. The molecule has 2 aromatic rings. The van der Waals surface area contributed by atoms with Gasteiger partial charge < -0.3 is 13.8 Å². The lowest BCUT2D eigenvalue weighted by molar-refractivity contribution is -0.385. The molecule has 11 nitrogen and oxygen atoms in total. The van der Waals surface area contributed by atoms with Gasteiger partial charge in [0.2, 0.25) is 0 Å². The van der Waals surface area contributed by atoms with Crippen molar-refractivity contribution in [2.24, 2.45) is 0 Å². The molecule has 0 bridgehead atoms. The average Bonchev–Trinajstić information content (AvgIpc) is 2.66. The van der Waals surface area contributed by atoms with Crippen LogP contribution in [-0.4, -0.2) is 28.5 Å². The van der Waals surface area contributed by atoms with Crippen molar-refractivity contribution < 1.29 is 28.4 Å². The van der Waals surface area contributed by atoms with Crippen molar-refractivity contribution in [3.63, 3.8) is 0 Å². The summed E-state index contributed by atoms with van der Waals surface area (Å²) in [4.78, 5) is 32.2. The van der Waals surface area contributed by atoms with Gasteiger partial charge in [0.15, 0.2) is 0 Å². The molecule has 12 heteroatoms. The van der Waals surface area contributed by atoms with Crippen molar-refractivity contribution in [3.8, 4) is 11.5 Å². The van der Waals surface area contributed by atoms with Gasteiger partial charge >= 0.3 is 14.5 Å². The van der Waals surface area contributed by atoms with E-state index in [1.54, 1.807) is 13.8 Å². The Morgan fingerprint density at radius 3 is 1.69 bits per heavy atom. The van der Waals surface area contributed by atoms with Crippen LogP contribution in [0.4, 0.5) is 11.4 Å². The van der Waals surface area contributed by atoms with E-state index >= 15 is 0 Å². The summed E-state index contributed by atoms with van der Waals surface area (Å²) >= 11 is 0. The van der Waals surface area contributed by atoms with Crippen LogP contribution in [0.15, 0.2) is 48.5 Å². The molecule has 0 amide bonds. The van der Waals surface area contributed by atoms with Crippen LogP contribution in [0, 0.1) is 20.2 Å². The van der Waals surface area contributed by atoms with E-state index in [1.807, 2.05) is 0 Å². The predicted octanol–water partition coefficient (Wildman–Crippen LogP) is 3.73. The highest BCUT2D eigenvalue weighted by atomic mass is 31.2. The van der Waals surface area contributed by atoms with E-state index in [4.69, 9.17) is 13.8 Å². The average molecular weight is 423 g/mol. The molecule has 0 spiro atoms. The first kappa shape index (κ1) is 22.0. The van der Waals surface area contributed by atoms with Crippen LogP contribution in [0.5, 0.6) is 11.5 Å². The Hall–Kier alpha value is -3.30. The Labute approximate surface area is 166 Å². The lowest BCUT2D eigenvalue weighted by atomic mass is 10.3. The van der Waals surface area contributed by atoms with Crippen LogP contribution in [0.25, 0.3) is 0 Å². The SMILES string of the molecule is CC(C)OC(=O)CNP(Oc1ccc([N+](=O)[O-])cc1)Oc1ccc([N+](=O)[O-])cc1. The monoisotopic (exact) mass is 423 g/mol. The van der Waals surface area contributed by atoms with Crippen molar-refractivity contribution >= 4 is 25.9 Å². The number of benzene rings is 2. The third kappa shape index (κ3) is 7.32. The second-order valence-electron chi connectivity index (χ2n) is 5.82. The summed E-state index contributed by atoms with van der Waals surface area (Å²) < 4.78 is 16.3. The standard InChI is InChI=1S/C17H18N3O8P/c1-12(2)26-17(21)11-18-29(27-15-7-3-13(4-8-15)19(22)23)28-16-9-5-14(6-10-16)20(24)25/h3-10,12,18H,11H2,1-2H3. The minimum Gasteiger partial charge on any atom is -0.462 e. The molecule has 154 valence electrons. The van der Waals surface area contributed by atoms with E-state index in [2.05, 4.69) is 5.09 Å². The number of nitrogens with zero attached hydrogens (tertiary/aromatic N) is 2. The molecule has 0 fully saturated rings. The molecule has 0 atom stereocenters. The van der Waals surface area contributed by atoms with E-state index in [-0.39, 0.29) is 35.5 Å². The summed E-state index contributed by atoms with van der Waals surface area (Å²) in [5.41, 5.74) is -0.210. The maximum Gasteiger partial charge on any atom is 0.382 e. The Morgan fingerprint density at radius 1 is 0.931 bits per heavy atom. The maximum atomic E-state index is 11.8. The van der Waals surface area contributed by atoms with Gasteiger partial charge in [0.05, 0.1) is 16.0 Å². The van der Waals surface area contributed by atoms with Gasteiger partial charge in [-0.05, 0) is 38.1 Å². The summed E-state index contributed by atoms with van der Waals surface area (Å²) in [5, 5.41) is 24.3. The molecule has 0 aliphatic carbocycles. The summed E-state index contributed by atoms with van der Waals surface area (Å²) in [5.74, 6) is 0.0220.